The monoisotopic (exact) mass is 385 g/mol. The zero-order valence-corrected chi connectivity index (χ0v) is 16.0. The Kier molecular flexibility index (Phi) is 5.77. The zero-order chi connectivity index (χ0) is 18.6. The summed E-state index contributed by atoms with van der Waals surface area (Å²) in [6.45, 7) is 2.01. The van der Waals surface area contributed by atoms with Gasteiger partial charge < -0.3 is 0 Å². The number of nitrogens with one attached hydrogen (secondary N) is 1. The van der Waals surface area contributed by atoms with Crippen LogP contribution < -0.4 is 4.72 Å². The van der Waals surface area contributed by atoms with E-state index in [1.165, 1.54) is 0 Å². The molecular weight excluding hydrogens is 366 g/mol. The van der Waals surface area contributed by atoms with Gasteiger partial charge >= 0.3 is 0 Å². The Morgan fingerprint density at radius 2 is 1.42 bits per heavy atom. The molecule has 3 rings (SSSR count). The molecular formula is C21H20ClNO2S. The number of benzene rings is 3. The molecule has 0 aliphatic carbocycles. The van der Waals surface area contributed by atoms with Crippen LogP contribution in [0.5, 0.6) is 0 Å². The molecule has 0 fully saturated rings. The quantitative estimate of drug-likeness (QED) is 0.658. The Hall–Kier alpha value is -2.14. The van der Waals surface area contributed by atoms with Crippen LogP contribution in [0.1, 0.15) is 28.3 Å². The number of sulfonamides is 1. The standard InChI is InChI=1S/C21H20ClNO2S/c1-16-7-11-19(12-8-16)21(18-5-3-2-4-6-18)23-26(24,25)15-17-9-13-20(22)14-10-17/h2-14,21,23H,15H2,1H3/t21-/m0/s1. The Balaban J connectivity index is 1.89. The number of hydrogen-bond acceptors (Lipinski definition) is 2. The van der Waals surface area contributed by atoms with Gasteiger partial charge in [0.1, 0.15) is 0 Å². The van der Waals surface area contributed by atoms with E-state index in [1.807, 2.05) is 61.5 Å². The van der Waals surface area contributed by atoms with Gasteiger partial charge in [0.05, 0.1) is 11.8 Å². The Bertz CT molecular complexity index is 953. The molecule has 0 heterocycles. The van der Waals surface area contributed by atoms with Crippen LogP contribution in [0.2, 0.25) is 5.02 Å². The lowest BCUT2D eigenvalue weighted by Crippen LogP contribution is -2.30. The lowest BCUT2D eigenvalue weighted by atomic mass is 9.99. The summed E-state index contributed by atoms with van der Waals surface area (Å²) in [4.78, 5) is 0. The molecule has 0 amide bonds. The van der Waals surface area contributed by atoms with Crippen LogP contribution in [0.25, 0.3) is 0 Å². The van der Waals surface area contributed by atoms with E-state index in [0.717, 1.165) is 16.7 Å². The summed E-state index contributed by atoms with van der Waals surface area (Å²) in [6, 6.07) is 23.9. The van der Waals surface area contributed by atoms with Crippen LogP contribution in [-0.2, 0) is 15.8 Å². The highest BCUT2D eigenvalue weighted by atomic mass is 35.5. The molecule has 1 N–H and O–H groups in total. The zero-order valence-electron chi connectivity index (χ0n) is 14.4. The summed E-state index contributed by atoms with van der Waals surface area (Å²) in [6.07, 6.45) is 0. The highest BCUT2D eigenvalue weighted by Crippen LogP contribution is 2.24. The van der Waals surface area contributed by atoms with Gasteiger partial charge in [-0.3, -0.25) is 0 Å². The average molecular weight is 386 g/mol. The van der Waals surface area contributed by atoms with E-state index in [9.17, 15) is 8.42 Å². The second kappa shape index (κ2) is 8.04. The van der Waals surface area contributed by atoms with E-state index in [2.05, 4.69) is 4.72 Å². The Morgan fingerprint density at radius 1 is 0.846 bits per heavy atom. The van der Waals surface area contributed by atoms with Crippen molar-refractivity contribution in [1.29, 1.82) is 0 Å². The van der Waals surface area contributed by atoms with E-state index < -0.39 is 16.1 Å². The van der Waals surface area contributed by atoms with Crippen molar-refractivity contribution in [2.24, 2.45) is 0 Å². The van der Waals surface area contributed by atoms with Gasteiger partial charge in [-0.1, -0.05) is 83.9 Å². The molecule has 0 radical (unpaired) electrons. The summed E-state index contributed by atoms with van der Waals surface area (Å²) in [5, 5.41) is 0.584. The SMILES string of the molecule is Cc1ccc([C@@H](NS(=O)(=O)Cc2ccc(Cl)cc2)c2ccccc2)cc1. The highest BCUT2D eigenvalue weighted by molar-refractivity contribution is 7.88. The van der Waals surface area contributed by atoms with Crippen molar-refractivity contribution < 1.29 is 8.42 Å². The van der Waals surface area contributed by atoms with Gasteiger partial charge in [0.2, 0.25) is 10.0 Å². The van der Waals surface area contributed by atoms with E-state index in [4.69, 9.17) is 11.6 Å². The predicted molar refractivity (Wildman–Crippen MR) is 107 cm³/mol. The molecule has 0 bridgehead atoms. The van der Waals surface area contributed by atoms with Crippen molar-refractivity contribution in [3.05, 3.63) is 106 Å². The van der Waals surface area contributed by atoms with Crippen LogP contribution in [0.15, 0.2) is 78.9 Å². The fraction of sp³-hybridized carbons (Fsp3) is 0.143. The average Bonchev–Trinajstić information content (AvgIpc) is 2.63. The topological polar surface area (TPSA) is 46.2 Å². The molecule has 3 nitrogen and oxygen atoms in total. The number of hydrogen-bond donors (Lipinski definition) is 1. The Morgan fingerprint density at radius 3 is 2.04 bits per heavy atom. The summed E-state index contributed by atoms with van der Waals surface area (Å²) < 4.78 is 28.4. The summed E-state index contributed by atoms with van der Waals surface area (Å²) >= 11 is 5.87. The van der Waals surface area contributed by atoms with Crippen molar-refractivity contribution in [3.8, 4) is 0 Å². The van der Waals surface area contributed by atoms with Gasteiger partial charge in [0, 0.05) is 5.02 Å². The van der Waals surface area contributed by atoms with Gasteiger partial charge in [0.25, 0.3) is 0 Å². The largest absolute Gasteiger partial charge is 0.216 e. The molecule has 0 saturated carbocycles. The minimum Gasteiger partial charge on any atom is -0.212 e. The second-order valence-corrected chi connectivity index (χ2v) is 8.45. The van der Waals surface area contributed by atoms with E-state index in [0.29, 0.717) is 10.6 Å². The summed E-state index contributed by atoms with van der Waals surface area (Å²) in [7, 11) is -3.55. The third-order valence-corrected chi connectivity index (χ3v) is 5.67. The lowest BCUT2D eigenvalue weighted by Gasteiger charge is -2.20. The van der Waals surface area contributed by atoms with Crippen molar-refractivity contribution in [1.82, 2.24) is 4.72 Å². The first kappa shape index (κ1) is 18.6. The molecule has 0 aromatic heterocycles. The van der Waals surface area contributed by atoms with Crippen LogP contribution in [0.4, 0.5) is 0 Å². The molecule has 5 heteroatoms. The molecule has 0 spiro atoms. The molecule has 0 unspecified atom stereocenters. The molecule has 0 aliphatic heterocycles. The van der Waals surface area contributed by atoms with Crippen molar-refractivity contribution in [2.45, 2.75) is 18.7 Å². The van der Waals surface area contributed by atoms with Gasteiger partial charge in [0.15, 0.2) is 0 Å². The molecule has 3 aromatic carbocycles. The van der Waals surface area contributed by atoms with E-state index >= 15 is 0 Å². The number of halogens is 1. The first-order valence-electron chi connectivity index (χ1n) is 8.29. The first-order valence-corrected chi connectivity index (χ1v) is 10.3. The molecule has 0 saturated heterocycles. The fourth-order valence-electron chi connectivity index (χ4n) is 2.75. The van der Waals surface area contributed by atoms with Crippen molar-refractivity contribution >= 4 is 21.6 Å². The maximum atomic E-state index is 12.8. The third kappa shape index (κ3) is 4.94. The predicted octanol–water partition coefficient (Wildman–Crippen LogP) is 4.86. The maximum absolute atomic E-state index is 12.8. The van der Waals surface area contributed by atoms with Gasteiger partial charge in [-0.2, -0.15) is 0 Å². The smallest absolute Gasteiger partial charge is 0.212 e. The lowest BCUT2D eigenvalue weighted by molar-refractivity contribution is 0.571. The normalized spacial score (nSPS) is 12.7. The maximum Gasteiger partial charge on any atom is 0.216 e. The van der Waals surface area contributed by atoms with Crippen LogP contribution in [0.3, 0.4) is 0 Å². The summed E-state index contributed by atoms with van der Waals surface area (Å²) in [5.74, 6) is -0.0979. The fourth-order valence-corrected chi connectivity index (χ4v) is 4.23. The van der Waals surface area contributed by atoms with Crippen molar-refractivity contribution in [2.75, 3.05) is 0 Å². The third-order valence-electron chi connectivity index (χ3n) is 4.11. The number of rotatable bonds is 6. The van der Waals surface area contributed by atoms with Crippen LogP contribution in [0, 0.1) is 6.92 Å². The second-order valence-electron chi connectivity index (χ2n) is 6.26. The minimum absolute atomic E-state index is 0.0979. The first-order chi connectivity index (χ1) is 12.4. The van der Waals surface area contributed by atoms with Crippen LogP contribution in [-0.4, -0.2) is 8.42 Å². The highest BCUT2D eigenvalue weighted by Gasteiger charge is 2.21. The molecule has 134 valence electrons. The van der Waals surface area contributed by atoms with Gasteiger partial charge in [-0.15, -0.1) is 0 Å². The van der Waals surface area contributed by atoms with Crippen LogP contribution >= 0.6 is 11.6 Å². The van der Waals surface area contributed by atoms with Crippen molar-refractivity contribution in [3.63, 3.8) is 0 Å². The van der Waals surface area contributed by atoms with E-state index in [1.54, 1.807) is 24.3 Å². The molecule has 1 atom stereocenters. The Labute approximate surface area is 159 Å². The number of aryl methyl sites for hydroxylation is 1. The molecule has 3 aromatic rings. The molecule has 0 aliphatic rings. The minimum atomic E-state index is -3.55. The summed E-state index contributed by atoms with van der Waals surface area (Å²) in [5.41, 5.74) is 3.62. The van der Waals surface area contributed by atoms with Gasteiger partial charge in [-0.25, -0.2) is 13.1 Å². The van der Waals surface area contributed by atoms with E-state index in [-0.39, 0.29) is 5.75 Å². The van der Waals surface area contributed by atoms with Gasteiger partial charge in [-0.05, 0) is 35.7 Å². The molecule has 26 heavy (non-hydrogen) atoms.